The van der Waals surface area contributed by atoms with Crippen LogP contribution >= 0.6 is 15.9 Å². The molecule has 1 saturated heterocycles. The van der Waals surface area contributed by atoms with Crippen LogP contribution in [-0.2, 0) is 6.42 Å². The molecule has 1 aromatic carbocycles. The summed E-state index contributed by atoms with van der Waals surface area (Å²) in [7, 11) is 0. The van der Waals surface area contributed by atoms with Crippen LogP contribution < -0.4 is 14.8 Å². The Morgan fingerprint density at radius 2 is 2.21 bits per heavy atom. The lowest BCUT2D eigenvalue weighted by Crippen LogP contribution is -2.29. The van der Waals surface area contributed by atoms with E-state index in [1.807, 2.05) is 0 Å². The van der Waals surface area contributed by atoms with E-state index in [2.05, 4.69) is 34.2 Å². The molecule has 1 aromatic rings. The fourth-order valence-corrected chi connectivity index (χ4v) is 3.90. The van der Waals surface area contributed by atoms with E-state index in [1.165, 1.54) is 28.4 Å². The van der Waals surface area contributed by atoms with Crippen LogP contribution in [0.1, 0.15) is 36.8 Å². The van der Waals surface area contributed by atoms with Crippen LogP contribution in [0.2, 0.25) is 0 Å². The van der Waals surface area contributed by atoms with E-state index in [4.69, 9.17) is 9.47 Å². The lowest BCUT2D eigenvalue weighted by molar-refractivity contribution is 0.169. The molecule has 19 heavy (non-hydrogen) atoms. The van der Waals surface area contributed by atoms with E-state index in [0.717, 1.165) is 31.0 Å². The van der Waals surface area contributed by atoms with Crippen LogP contribution in [0.3, 0.4) is 0 Å². The van der Waals surface area contributed by atoms with Gasteiger partial charge >= 0.3 is 0 Å². The summed E-state index contributed by atoms with van der Waals surface area (Å²) in [6, 6.07) is 2.08. The van der Waals surface area contributed by atoms with Gasteiger partial charge in [-0.1, -0.05) is 22.9 Å². The standard InChI is InChI=1S/C15H20BrNO2/c1-2-11-14(10-4-3-5-17-9-10)12(16)8-13-15(11)19-7-6-18-13/h8,10,17H,2-7,9H2,1H3. The maximum Gasteiger partial charge on any atom is 0.164 e. The quantitative estimate of drug-likeness (QED) is 0.905. The van der Waals surface area contributed by atoms with Gasteiger partial charge in [0.25, 0.3) is 0 Å². The molecular weight excluding hydrogens is 306 g/mol. The minimum atomic E-state index is 0.578. The van der Waals surface area contributed by atoms with Crippen LogP contribution in [0.15, 0.2) is 10.5 Å². The third-order valence-corrected chi connectivity index (χ3v) is 4.64. The van der Waals surface area contributed by atoms with Gasteiger partial charge in [0.2, 0.25) is 0 Å². The van der Waals surface area contributed by atoms with Crippen molar-refractivity contribution in [3.8, 4) is 11.5 Å². The average molecular weight is 326 g/mol. The number of halogens is 1. The highest BCUT2D eigenvalue weighted by Crippen LogP contribution is 2.44. The first-order chi connectivity index (χ1) is 9.31. The topological polar surface area (TPSA) is 30.5 Å². The molecule has 0 spiro atoms. The molecule has 0 bridgehead atoms. The van der Waals surface area contributed by atoms with Crippen LogP contribution in [-0.4, -0.2) is 26.3 Å². The van der Waals surface area contributed by atoms with Crippen molar-refractivity contribution < 1.29 is 9.47 Å². The third kappa shape index (κ3) is 2.48. The number of benzene rings is 1. The highest BCUT2D eigenvalue weighted by atomic mass is 79.9. The van der Waals surface area contributed by atoms with Crippen molar-refractivity contribution in [3.05, 3.63) is 21.7 Å². The fraction of sp³-hybridized carbons (Fsp3) is 0.600. The number of rotatable bonds is 2. The van der Waals surface area contributed by atoms with Gasteiger partial charge in [0, 0.05) is 16.6 Å². The maximum atomic E-state index is 5.87. The highest BCUT2D eigenvalue weighted by molar-refractivity contribution is 9.10. The zero-order valence-electron chi connectivity index (χ0n) is 11.3. The normalized spacial score (nSPS) is 22.3. The van der Waals surface area contributed by atoms with Gasteiger partial charge in [-0.05, 0) is 43.4 Å². The first kappa shape index (κ1) is 13.3. The minimum absolute atomic E-state index is 0.578. The first-order valence-corrected chi connectivity index (χ1v) is 7.92. The highest BCUT2D eigenvalue weighted by Gasteiger charge is 2.26. The molecule has 2 aliphatic heterocycles. The molecular formula is C15H20BrNO2. The van der Waals surface area contributed by atoms with Crippen molar-refractivity contribution in [2.24, 2.45) is 0 Å². The molecule has 0 radical (unpaired) electrons. The Hall–Kier alpha value is -0.740. The number of nitrogens with one attached hydrogen (secondary N) is 1. The smallest absolute Gasteiger partial charge is 0.164 e. The molecule has 3 rings (SSSR count). The summed E-state index contributed by atoms with van der Waals surface area (Å²) < 4.78 is 12.8. The Morgan fingerprint density at radius 3 is 2.95 bits per heavy atom. The van der Waals surface area contributed by atoms with Gasteiger partial charge in [0.15, 0.2) is 11.5 Å². The van der Waals surface area contributed by atoms with E-state index in [-0.39, 0.29) is 0 Å². The molecule has 1 N–H and O–H groups in total. The SMILES string of the molecule is CCc1c2c(cc(Br)c1C1CCCNC1)OCCO2. The molecule has 4 heteroatoms. The summed E-state index contributed by atoms with van der Waals surface area (Å²) in [6.07, 6.45) is 3.48. The Kier molecular flexibility index (Phi) is 3.99. The zero-order valence-corrected chi connectivity index (χ0v) is 12.9. The van der Waals surface area contributed by atoms with E-state index >= 15 is 0 Å². The Labute approximate surface area is 122 Å². The molecule has 2 heterocycles. The summed E-state index contributed by atoms with van der Waals surface area (Å²) in [5.74, 6) is 2.44. The average Bonchev–Trinajstić information content (AvgIpc) is 2.46. The molecule has 1 atom stereocenters. The largest absolute Gasteiger partial charge is 0.486 e. The zero-order chi connectivity index (χ0) is 13.2. The Bertz CT molecular complexity index is 470. The van der Waals surface area contributed by atoms with Crippen molar-refractivity contribution >= 4 is 15.9 Å². The van der Waals surface area contributed by atoms with Gasteiger partial charge < -0.3 is 14.8 Å². The fourth-order valence-electron chi connectivity index (χ4n) is 3.13. The predicted molar refractivity (Wildman–Crippen MR) is 79.4 cm³/mol. The van der Waals surface area contributed by atoms with E-state index < -0.39 is 0 Å². The second kappa shape index (κ2) is 5.71. The van der Waals surface area contributed by atoms with Crippen molar-refractivity contribution in [1.29, 1.82) is 0 Å². The lowest BCUT2D eigenvalue weighted by Gasteiger charge is -2.29. The predicted octanol–water partition coefficient (Wildman–Crippen LogP) is 3.25. The second-order valence-corrected chi connectivity index (χ2v) is 6.03. The van der Waals surface area contributed by atoms with Gasteiger partial charge in [-0.25, -0.2) is 0 Å². The third-order valence-electron chi connectivity index (χ3n) is 3.98. The first-order valence-electron chi connectivity index (χ1n) is 7.12. The van der Waals surface area contributed by atoms with Crippen molar-refractivity contribution in [3.63, 3.8) is 0 Å². The van der Waals surface area contributed by atoms with E-state index in [0.29, 0.717) is 19.1 Å². The van der Waals surface area contributed by atoms with Crippen molar-refractivity contribution in [2.75, 3.05) is 26.3 Å². The molecule has 1 unspecified atom stereocenters. The van der Waals surface area contributed by atoms with Crippen LogP contribution in [0, 0.1) is 0 Å². The maximum absolute atomic E-state index is 5.87. The van der Waals surface area contributed by atoms with E-state index in [1.54, 1.807) is 0 Å². The molecule has 0 amide bonds. The second-order valence-electron chi connectivity index (χ2n) is 5.17. The monoisotopic (exact) mass is 325 g/mol. The minimum Gasteiger partial charge on any atom is -0.486 e. The molecule has 2 aliphatic rings. The molecule has 1 fully saturated rings. The van der Waals surface area contributed by atoms with Crippen LogP contribution in [0.4, 0.5) is 0 Å². The van der Waals surface area contributed by atoms with Gasteiger partial charge in [-0.2, -0.15) is 0 Å². The Balaban J connectivity index is 2.06. The Morgan fingerprint density at radius 1 is 1.37 bits per heavy atom. The summed E-state index contributed by atoms with van der Waals surface area (Å²) >= 11 is 3.74. The van der Waals surface area contributed by atoms with Crippen molar-refractivity contribution in [2.45, 2.75) is 32.1 Å². The van der Waals surface area contributed by atoms with Crippen LogP contribution in [0.25, 0.3) is 0 Å². The van der Waals surface area contributed by atoms with Gasteiger partial charge in [0.05, 0.1) is 0 Å². The number of hydrogen-bond acceptors (Lipinski definition) is 3. The summed E-state index contributed by atoms with van der Waals surface area (Å²) in [6.45, 7) is 5.70. The molecule has 104 valence electrons. The lowest BCUT2D eigenvalue weighted by atomic mass is 9.87. The summed E-state index contributed by atoms with van der Waals surface area (Å²) in [5.41, 5.74) is 2.73. The number of piperidine rings is 1. The molecule has 0 aromatic heterocycles. The summed E-state index contributed by atoms with van der Waals surface area (Å²) in [4.78, 5) is 0. The van der Waals surface area contributed by atoms with Crippen molar-refractivity contribution in [1.82, 2.24) is 5.32 Å². The number of fused-ring (bicyclic) bond motifs is 1. The molecule has 3 nitrogen and oxygen atoms in total. The van der Waals surface area contributed by atoms with Gasteiger partial charge in [-0.3, -0.25) is 0 Å². The van der Waals surface area contributed by atoms with Gasteiger partial charge in [-0.15, -0.1) is 0 Å². The molecule has 0 aliphatic carbocycles. The van der Waals surface area contributed by atoms with Crippen LogP contribution in [0.5, 0.6) is 11.5 Å². The molecule has 0 saturated carbocycles. The van der Waals surface area contributed by atoms with Gasteiger partial charge in [0.1, 0.15) is 13.2 Å². The number of ether oxygens (including phenoxy) is 2. The van der Waals surface area contributed by atoms with E-state index in [9.17, 15) is 0 Å². The summed E-state index contributed by atoms with van der Waals surface area (Å²) in [5, 5.41) is 3.50. The number of hydrogen-bond donors (Lipinski definition) is 1.